The molecule has 6 heteroatoms. The Morgan fingerprint density at radius 1 is 0.966 bits per heavy atom. The fourth-order valence-electron chi connectivity index (χ4n) is 3.19. The number of esters is 1. The van der Waals surface area contributed by atoms with Gasteiger partial charge in [0.2, 0.25) is 5.78 Å². The molecule has 0 aliphatic carbocycles. The highest BCUT2D eigenvalue weighted by atomic mass is 35.5. The van der Waals surface area contributed by atoms with Gasteiger partial charge in [-0.2, -0.15) is 0 Å². The molecule has 0 atom stereocenters. The van der Waals surface area contributed by atoms with Gasteiger partial charge in [-0.05, 0) is 29.8 Å². The summed E-state index contributed by atoms with van der Waals surface area (Å²) in [4.78, 5) is 28.6. The second-order valence-electron chi connectivity index (χ2n) is 6.41. The number of carbonyl (C=O) groups excluding carboxylic acids is 2. The molecule has 0 spiro atoms. The number of carbonyl (C=O) groups is 2. The van der Waals surface area contributed by atoms with Crippen LogP contribution in [0.5, 0.6) is 0 Å². The summed E-state index contributed by atoms with van der Waals surface area (Å²) in [6, 6.07) is 20.2. The predicted octanol–water partition coefficient (Wildman–Crippen LogP) is 5.67. The maximum atomic E-state index is 13.2. The first-order chi connectivity index (χ1) is 14.0. The van der Waals surface area contributed by atoms with Gasteiger partial charge in [0.05, 0.1) is 21.8 Å². The van der Waals surface area contributed by atoms with Crippen LogP contribution in [0, 0.1) is 5.82 Å². The molecule has 0 radical (unpaired) electrons. The van der Waals surface area contributed by atoms with Crippen molar-refractivity contribution in [1.29, 1.82) is 0 Å². The molecule has 0 aliphatic rings. The minimum absolute atomic E-state index is 0.00285. The Morgan fingerprint density at radius 3 is 2.45 bits per heavy atom. The quantitative estimate of drug-likeness (QED) is 0.342. The average Bonchev–Trinajstić information content (AvgIpc) is 3.12. The molecule has 4 rings (SSSR count). The summed E-state index contributed by atoms with van der Waals surface area (Å²) in [6.07, 6.45) is 0. The van der Waals surface area contributed by atoms with Gasteiger partial charge in [0.1, 0.15) is 5.82 Å². The standard InChI is InChI=1S/C23H15ClFNO3/c24-18-12-15(25)10-11-16(18)23(28)29-13-20(27)21-17-8-4-5-9-19(17)26-22(21)14-6-2-1-3-7-14/h1-12,26H,13H2. The first kappa shape index (κ1) is 18.9. The number of aromatic nitrogens is 1. The molecule has 1 aromatic heterocycles. The molecule has 0 saturated heterocycles. The van der Waals surface area contributed by atoms with Gasteiger partial charge in [0.15, 0.2) is 6.61 Å². The largest absolute Gasteiger partial charge is 0.454 e. The lowest BCUT2D eigenvalue weighted by Crippen LogP contribution is -2.15. The number of para-hydroxylation sites is 1. The van der Waals surface area contributed by atoms with E-state index in [2.05, 4.69) is 4.98 Å². The van der Waals surface area contributed by atoms with Crippen LogP contribution in [0.1, 0.15) is 20.7 Å². The second-order valence-corrected chi connectivity index (χ2v) is 6.82. The van der Waals surface area contributed by atoms with E-state index in [-0.39, 0.29) is 16.4 Å². The van der Waals surface area contributed by atoms with Crippen molar-refractivity contribution < 1.29 is 18.7 Å². The van der Waals surface area contributed by atoms with E-state index >= 15 is 0 Å². The number of H-pyrrole nitrogens is 1. The van der Waals surface area contributed by atoms with Crippen LogP contribution in [0.4, 0.5) is 4.39 Å². The monoisotopic (exact) mass is 407 g/mol. The van der Waals surface area contributed by atoms with E-state index < -0.39 is 18.4 Å². The summed E-state index contributed by atoms with van der Waals surface area (Å²) in [5, 5.41) is 0.673. The molecule has 4 nitrogen and oxygen atoms in total. The van der Waals surface area contributed by atoms with Crippen molar-refractivity contribution in [1.82, 2.24) is 4.98 Å². The number of nitrogens with one attached hydrogen (secondary N) is 1. The highest BCUT2D eigenvalue weighted by Crippen LogP contribution is 2.30. The molecule has 1 heterocycles. The average molecular weight is 408 g/mol. The van der Waals surface area contributed by atoms with Crippen molar-refractivity contribution in [2.45, 2.75) is 0 Å². The van der Waals surface area contributed by atoms with Gasteiger partial charge in [-0.25, -0.2) is 9.18 Å². The lowest BCUT2D eigenvalue weighted by molar-refractivity contribution is 0.0475. The molecule has 0 unspecified atom stereocenters. The molecule has 1 N–H and O–H groups in total. The highest BCUT2D eigenvalue weighted by molar-refractivity contribution is 6.33. The van der Waals surface area contributed by atoms with Crippen LogP contribution in [0.2, 0.25) is 5.02 Å². The fraction of sp³-hybridized carbons (Fsp3) is 0.0435. The summed E-state index contributed by atoms with van der Waals surface area (Å²) in [5.41, 5.74) is 2.77. The molecular weight excluding hydrogens is 393 g/mol. The Kier molecular flexibility index (Phi) is 5.14. The van der Waals surface area contributed by atoms with Gasteiger partial charge in [-0.3, -0.25) is 4.79 Å². The zero-order valence-corrected chi connectivity index (χ0v) is 15.9. The number of Topliss-reactive ketones (excluding diaryl/α,β-unsaturated/α-hetero) is 1. The molecule has 29 heavy (non-hydrogen) atoms. The van der Waals surface area contributed by atoms with Crippen LogP contribution in [-0.4, -0.2) is 23.3 Å². The smallest absolute Gasteiger partial charge is 0.340 e. The van der Waals surface area contributed by atoms with Crippen LogP contribution in [0.3, 0.4) is 0 Å². The SMILES string of the molecule is O=C(OCC(=O)c1c(-c2ccccc2)[nH]c2ccccc12)c1ccc(F)cc1Cl. The summed E-state index contributed by atoms with van der Waals surface area (Å²) in [5.74, 6) is -1.70. The number of halogens is 2. The zero-order chi connectivity index (χ0) is 20.4. The van der Waals surface area contributed by atoms with E-state index in [9.17, 15) is 14.0 Å². The van der Waals surface area contributed by atoms with Crippen molar-refractivity contribution in [3.8, 4) is 11.3 Å². The van der Waals surface area contributed by atoms with Gasteiger partial charge in [-0.15, -0.1) is 0 Å². The molecule has 0 aliphatic heterocycles. The molecular formula is C23H15ClFNO3. The Labute approximate surface area is 170 Å². The molecule has 0 amide bonds. The minimum Gasteiger partial charge on any atom is -0.454 e. The number of aromatic amines is 1. The van der Waals surface area contributed by atoms with Gasteiger partial charge in [0.25, 0.3) is 0 Å². The third-order valence-electron chi connectivity index (χ3n) is 4.53. The third kappa shape index (κ3) is 3.77. The van der Waals surface area contributed by atoms with Gasteiger partial charge in [-0.1, -0.05) is 60.1 Å². The van der Waals surface area contributed by atoms with Crippen LogP contribution in [0.15, 0.2) is 72.8 Å². The summed E-state index contributed by atoms with van der Waals surface area (Å²) < 4.78 is 18.3. The lowest BCUT2D eigenvalue weighted by atomic mass is 10.0. The summed E-state index contributed by atoms with van der Waals surface area (Å²) in [7, 11) is 0. The van der Waals surface area contributed by atoms with E-state index in [1.54, 1.807) is 0 Å². The fourth-order valence-corrected chi connectivity index (χ4v) is 3.43. The maximum absolute atomic E-state index is 13.2. The predicted molar refractivity (Wildman–Crippen MR) is 110 cm³/mol. The highest BCUT2D eigenvalue weighted by Gasteiger charge is 2.21. The van der Waals surface area contributed by atoms with Gasteiger partial charge < -0.3 is 9.72 Å². The van der Waals surface area contributed by atoms with E-state index in [1.165, 1.54) is 6.07 Å². The molecule has 4 aromatic rings. The van der Waals surface area contributed by atoms with E-state index in [4.69, 9.17) is 16.3 Å². The van der Waals surface area contributed by atoms with Crippen molar-refractivity contribution >= 4 is 34.3 Å². The summed E-state index contributed by atoms with van der Waals surface area (Å²) >= 11 is 5.89. The number of hydrogen-bond donors (Lipinski definition) is 1. The second kappa shape index (κ2) is 7.89. The Hall–Kier alpha value is -3.44. The first-order valence-electron chi connectivity index (χ1n) is 8.86. The number of ketones is 1. The van der Waals surface area contributed by atoms with Crippen LogP contribution in [-0.2, 0) is 4.74 Å². The van der Waals surface area contributed by atoms with Crippen molar-refractivity contribution in [2.24, 2.45) is 0 Å². The van der Waals surface area contributed by atoms with E-state index in [1.807, 2.05) is 54.6 Å². The normalized spacial score (nSPS) is 10.8. The van der Waals surface area contributed by atoms with Crippen molar-refractivity contribution in [3.05, 3.63) is 94.8 Å². The number of ether oxygens (including phenoxy) is 1. The number of rotatable bonds is 5. The van der Waals surface area contributed by atoms with E-state index in [0.29, 0.717) is 11.3 Å². The zero-order valence-electron chi connectivity index (χ0n) is 15.1. The Morgan fingerprint density at radius 2 is 1.69 bits per heavy atom. The first-order valence-corrected chi connectivity index (χ1v) is 9.24. The van der Waals surface area contributed by atoms with Gasteiger partial charge >= 0.3 is 5.97 Å². The number of benzene rings is 3. The van der Waals surface area contributed by atoms with Crippen LogP contribution < -0.4 is 0 Å². The number of fused-ring (bicyclic) bond motifs is 1. The summed E-state index contributed by atoms with van der Waals surface area (Å²) in [6.45, 7) is -0.464. The van der Waals surface area contributed by atoms with Crippen LogP contribution >= 0.6 is 11.6 Å². The van der Waals surface area contributed by atoms with E-state index in [0.717, 1.165) is 28.6 Å². The van der Waals surface area contributed by atoms with Gasteiger partial charge in [0, 0.05) is 10.9 Å². The lowest BCUT2D eigenvalue weighted by Gasteiger charge is -2.07. The molecule has 144 valence electrons. The van der Waals surface area contributed by atoms with Crippen molar-refractivity contribution in [3.63, 3.8) is 0 Å². The maximum Gasteiger partial charge on any atom is 0.340 e. The molecule has 0 fully saturated rings. The minimum atomic E-state index is -0.788. The Balaban J connectivity index is 1.64. The molecule has 0 saturated carbocycles. The topological polar surface area (TPSA) is 59.2 Å². The van der Waals surface area contributed by atoms with Crippen molar-refractivity contribution in [2.75, 3.05) is 6.61 Å². The molecule has 3 aromatic carbocycles. The third-order valence-corrected chi connectivity index (χ3v) is 4.85. The van der Waals surface area contributed by atoms with Crippen LogP contribution in [0.25, 0.3) is 22.2 Å². The number of hydrogen-bond acceptors (Lipinski definition) is 3. The Bertz CT molecular complexity index is 1220. The molecule has 0 bridgehead atoms.